The number of fused-ring (bicyclic) bond motifs is 1. The molecule has 1 aromatic rings. The van der Waals surface area contributed by atoms with Gasteiger partial charge in [-0.1, -0.05) is 11.6 Å². The van der Waals surface area contributed by atoms with E-state index in [0.717, 1.165) is 25.0 Å². The van der Waals surface area contributed by atoms with Crippen LogP contribution < -0.4 is 20.5 Å². The number of rotatable bonds is 4. The van der Waals surface area contributed by atoms with Gasteiger partial charge in [0.25, 0.3) is 0 Å². The van der Waals surface area contributed by atoms with Crippen LogP contribution in [0, 0.1) is 0 Å². The van der Waals surface area contributed by atoms with Crippen LogP contribution in [0.1, 0.15) is 18.4 Å². The maximum absolute atomic E-state index is 6.19. The van der Waals surface area contributed by atoms with Gasteiger partial charge in [-0.05, 0) is 30.5 Å². The van der Waals surface area contributed by atoms with Crippen molar-refractivity contribution in [2.45, 2.75) is 25.5 Å². The Kier molecular flexibility index (Phi) is 4.90. The van der Waals surface area contributed by atoms with Crippen molar-refractivity contribution in [1.82, 2.24) is 5.32 Å². The molecule has 0 aliphatic carbocycles. The van der Waals surface area contributed by atoms with Crippen molar-refractivity contribution in [3.8, 4) is 11.5 Å². The number of hydrogen-bond donors (Lipinski definition) is 2. The predicted octanol–water partition coefficient (Wildman–Crippen LogP) is 1.69. The van der Waals surface area contributed by atoms with E-state index in [-0.39, 0.29) is 6.10 Å². The van der Waals surface area contributed by atoms with Gasteiger partial charge in [0, 0.05) is 13.2 Å². The van der Waals surface area contributed by atoms with Gasteiger partial charge in [-0.2, -0.15) is 0 Å². The molecule has 1 fully saturated rings. The molecule has 120 valence electrons. The summed E-state index contributed by atoms with van der Waals surface area (Å²) in [6.45, 7) is 3.00. The Labute approximate surface area is 134 Å². The summed E-state index contributed by atoms with van der Waals surface area (Å²) in [6, 6.07) is 3.71. The SMILES string of the molecule is NC(=NCc1cc(Cl)c2c(c1)OCCO2)NCC1CCCO1. The van der Waals surface area contributed by atoms with E-state index in [4.69, 9.17) is 31.5 Å². The minimum absolute atomic E-state index is 0.234. The van der Waals surface area contributed by atoms with E-state index >= 15 is 0 Å². The van der Waals surface area contributed by atoms with Crippen LogP contribution in [-0.2, 0) is 11.3 Å². The van der Waals surface area contributed by atoms with Gasteiger partial charge < -0.3 is 25.3 Å². The van der Waals surface area contributed by atoms with E-state index in [1.165, 1.54) is 0 Å². The van der Waals surface area contributed by atoms with Gasteiger partial charge in [0.05, 0.1) is 17.7 Å². The summed E-state index contributed by atoms with van der Waals surface area (Å²) in [6.07, 6.45) is 2.41. The van der Waals surface area contributed by atoms with Crippen LogP contribution >= 0.6 is 11.6 Å². The third kappa shape index (κ3) is 3.75. The fourth-order valence-electron chi connectivity index (χ4n) is 2.51. The Bertz CT molecular complexity index is 559. The first kappa shape index (κ1) is 15.2. The second-order valence-corrected chi connectivity index (χ2v) is 5.73. The highest BCUT2D eigenvalue weighted by Crippen LogP contribution is 2.38. The highest BCUT2D eigenvalue weighted by Gasteiger charge is 2.17. The summed E-state index contributed by atoms with van der Waals surface area (Å²) in [4.78, 5) is 4.32. The molecule has 2 heterocycles. The normalized spacial score (nSPS) is 21.0. The first-order chi connectivity index (χ1) is 10.7. The molecule has 1 unspecified atom stereocenters. The highest BCUT2D eigenvalue weighted by molar-refractivity contribution is 6.32. The maximum Gasteiger partial charge on any atom is 0.189 e. The number of nitrogens with two attached hydrogens (primary N) is 1. The van der Waals surface area contributed by atoms with Crippen LogP contribution in [0.4, 0.5) is 0 Å². The van der Waals surface area contributed by atoms with Crippen LogP contribution in [0.15, 0.2) is 17.1 Å². The average Bonchev–Trinajstić information content (AvgIpc) is 3.04. The molecule has 3 rings (SSSR count). The van der Waals surface area contributed by atoms with Crippen LogP contribution in [0.5, 0.6) is 11.5 Å². The predicted molar refractivity (Wildman–Crippen MR) is 84.7 cm³/mol. The monoisotopic (exact) mass is 325 g/mol. The molecule has 0 amide bonds. The lowest BCUT2D eigenvalue weighted by molar-refractivity contribution is 0.114. The molecule has 1 aromatic carbocycles. The van der Waals surface area contributed by atoms with Gasteiger partial charge in [-0.25, -0.2) is 4.99 Å². The van der Waals surface area contributed by atoms with E-state index in [1.54, 1.807) is 0 Å². The third-order valence-electron chi connectivity index (χ3n) is 3.62. The topological polar surface area (TPSA) is 78.1 Å². The van der Waals surface area contributed by atoms with Gasteiger partial charge >= 0.3 is 0 Å². The van der Waals surface area contributed by atoms with Crippen LogP contribution in [-0.4, -0.2) is 38.4 Å². The minimum atomic E-state index is 0.234. The zero-order valence-corrected chi connectivity index (χ0v) is 13.1. The molecule has 2 aliphatic rings. The highest BCUT2D eigenvalue weighted by atomic mass is 35.5. The fraction of sp³-hybridized carbons (Fsp3) is 0.533. The van der Waals surface area contributed by atoms with E-state index in [2.05, 4.69) is 10.3 Å². The molecule has 3 N–H and O–H groups in total. The number of hydrogen-bond acceptors (Lipinski definition) is 4. The molecule has 6 nitrogen and oxygen atoms in total. The van der Waals surface area contributed by atoms with Crippen molar-refractivity contribution >= 4 is 17.6 Å². The number of nitrogens with one attached hydrogen (secondary N) is 1. The van der Waals surface area contributed by atoms with E-state index in [0.29, 0.717) is 48.8 Å². The van der Waals surface area contributed by atoms with E-state index in [9.17, 15) is 0 Å². The zero-order chi connectivity index (χ0) is 15.4. The molecule has 7 heteroatoms. The van der Waals surface area contributed by atoms with Crippen LogP contribution in [0.3, 0.4) is 0 Å². The molecule has 0 spiro atoms. The van der Waals surface area contributed by atoms with Crippen LogP contribution in [0.25, 0.3) is 0 Å². The molecule has 1 saturated heterocycles. The molecule has 0 bridgehead atoms. The summed E-state index contributed by atoms with van der Waals surface area (Å²) in [5, 5.41) is 3.62. The summed E-state index contributed by atoms with van der Waals surface area (Å²) in [5.74, 6) is 1.67. The molecule has 0 aromatic heterocycles. The number of ether oxygens (including phenoxy) is 3. The number of halogens is 1. The van der Waals surface area contributed by atoms with Crippen molar-refractivity contribution in [2.24, 2.45) is 10.7 Å². The second-order valence-electron chi connectivity index (χ2n) is 5.32. The van der Waals surface area contributed by atoms with Crippen molar-refractivity contribution in [3.05, 3.63) is 22.7 Å². The van der Waals surface area contributed by atoms with Crippen molar-refractivity contribution in [1.29, 1.82) is 0 Å². The first-order valence-corrected chi connectivity index (χ1v) is 7.83. The van der Waals surface area contributed by atoms with Crippen molar-refractivity contribution < 1.29 is 14.2 Å². The number of aliphatic imine (C=N–C) groups is 1. The van der Waals surface area contributed by atoms with Gasteiger partial charge in [0.15, 0.2) is 17.5 Å². The summed E-state index contributed by atoms with van der Waals surface area (Å²) in [5.41, 5.74) is 6.80. The quantitative estimate of drug-likeness (QED) is 0.650. The Morgan fingerprint density at radius 2 is 2.18 bits per heavy atom. The van der Waals surface area contributed by atoms with Gasteiger partial charge in [-0.3, -0.25) is 0 Å². The van der Waals surface area contributed by atoms with E-state index < -0.39 is 0 Å². The lowest BCUT2D eigenvalue weighted by atomic mass is 10.2. The Morgan fingerprint density at radius 1 is 1.32 bits per heavy atom. The van der Waals surface area contributed by atoms with E-state index in [1.807, 2.05) is 12.1 Å². The summed E-state index contributed by atoms with van der Waals surface area (Å²) in [7, 11) is 0. The molecule has 0 saturated carbocycles. The molecule has 2 aliphatic heterocycles. The number of guanidine groups is 1. The van der Waals surface area contributed by atoms with Crippen molar-refractivity contribution in [3.63, 3.8) is 0 Å². The van der Waals surface area contributed by atoms with Gasteiger partial charge in [0.2, 0.25) is 0 Å². The standard InChI is InChI=1S/C15H20ClN3O3/c16-12-6-10(7-13-14(12)22-5-4-21-13)8-18-15(17)19-9-11-2-1-3-20-11/h6-7,11H,1-5,8-9H2,(H3,17,18,19). The lowest BCUT2D eigenvalue weighted by Crippen LogP contribution is -2.37. The number of nitrogens with zero attached hydrogens (tertiary/aromatic N) is 1. The Morgan fingerprint density at radius 3 is 3.00 bits per heavy atom. The van der Waals surface area contributed by atoms with Crippen molar-refractivity contribution in [2.75, 3.05) is 26.4 Å². The zero-order valence-electron chi connectivity index (χ0n) is 12.3. The lowest BCUT2D eigenvalue weighted by Gasteiger charge is -2.20. The smallest absolute Gasteiger partial charge is 0.189 e. The fourth-order valence-corrected chi connectivity index (χ4v) is 2.80. The molecule has 22 heavy (non-hydrogen) atoms. The summed E-state index contributed by atoms with van der Waals surface area (Å²) < 4.78 is 16.6. The molecular weight excluding hydrogens is 306 g/mol. The van der Waals surface area contributed by atoms with Gasteiger partial charge in [0.1, 0.15) is 13.2 Å². The maximum atomic E-state index is 6.19. The second kappa shape index (κ2) is 7.07. The average molecular weight is 326 g/mol. The van der Waals surface area contributed by atoms with Gasteiger partial charge in [-0.15, -0.1) is 0 Å². The molecule has 0 radical (unpaired) electrons. The first-order valence-electron chi connectivity index (χ1n) is 7.46. The molecular formula is C15H20ClN3O3. The molecule has 1 atom stereocenters. The van der Waals surface area contributed by atoms with Crippen LogP contribution in [0.2, 0.25) is 5.02 Å². The largest absolute Gasteiger partial charge is 0.486 e. The Balaban J connectivity index is 1.57. The number of benzene rings is 1. The third-order valence-corrected chi connectivity index (χ3v) is 3.90. The minimum Gasteiger partial charge on any atom is -0.486 e. The Hall–Kier alpha value is -1.66. The summed E-state index contributed by atoms with van der Waals surface area (Å²) >= 11 is 6.19.